The highest BCUT2D eigenvalue weighted by atomic mass is 32.2. The molecular weight excluding hydrogens is 596 g/mol. The molecule has 0 fully saturated rings. The number of benzene rings is 3. The number of hydrogen-bond acceptors (Lipinski definition) is 5. The number of nitrogens with one attached hydrogen (secondary N) is 1. The van der Waals surface area contributed by atoms with Gasteiger partial charge in [0.15, 0.2) is 6.10 Å². The minimum absolute atomic E-state index is 0.0400. The van der Waals surface area contributed by atoms with Crippen molar-refractivity contribution in [2.45, 2.75) is 47.7 Å². The lowest BCUT2D eigenvalue weighted by atomic mass is 9.98. The summed E-state index contributed by atoms with van der Waals surface area (Å²) in [6.45, 7) is -0.963. The van der Waals surface area contributed by atoms with E-state index in [1.807, 2.05) is 0 Å². The van der Waals surface area contributed by atoms with Gasteiger partial charge < -0.3 is 19.9 Å². The van der Waals surface area contributed by atoms with Crippen LogP contribution >= 0.6 is 11.8 Å². The molecule has 3 rings (SSSR count). The lowest BCUT2D eigenvalue weighted by molar-refractivity contribution is -0.253. The first-order valence-corrected chi connectivity index (χ1v) is 12.4. The molecule has 0 aliphatic carbocycles. The van der Waals surface area contributed by atoms with Crippen molar-refractivity contribution in [2.24, 2.45) is 0 Å². The zero-order chi connectivity index (χ0) is 30.4. The number of thioether (sulfide) groups is 1. The zero-order valence-electron chi connectivity index (χ0n) is 20.5. The molecule has 0 heterocycles. The second-order valence-electron chi connectivity index (χ2n) is 8.53. The molecule has 15 heteroatoms. The fraction of sp³-hybridized carbons (Fsp3) is 0.308. The van der Waals surface area contributed by atoms with Gasteiger partial charge >= 0.3 is 24.2 Å². The molecule has 3 aromatic rings. The largest absolute Gasteiger partial charge is 0.461 e. The highest BCUT2D eigenvalue weighted by Crippen LogP contribution is 2.38. The van der Waals surface area contributed by atoms with Crippen LogP contribution in [0.1, 0.15) is 17.2 Å². The molecule has 0 aromatic heterocycles. The first-order valence-electron chi connectivity index (χ1n) is 11.6. The molecule has 4 nitrogen and oxygen atoms in total. The number of alkyl halides is 10. The molecule has 2 N–H and O–H groups in total. The van der Waals surface area contributed by atoms with E-state index in [1.165, 1.54) is 54.6 Å². The van der Waals surface area contributed by atoms with Gasteiger partial charge in [0.05, 0.1) is 0 Å². The quantitative estimate of drug-likeness (QED) is 0.159. The van der Waals surface area contributed by atoms with Gasteiger partial charge in [0, 0.05) is 17.5 Å². The molecule has 3 aromatic carbocycles. The second-order valence-corrected chi connectivity index (χ2v) is 9.67. The average Bonchev–Trinajstić information content (AvgIpc) is 2.85. The molecule has 0 amide bonds. The number of halogens is 10. The lowest BCUT2D eigenvalue weighted by Gasteiger charge is -2.23. The Labute approximate surface area is 231 Å². The maximum absolute atomic E-state index is 13.4. The van der Waals surface area contributed by atoms with Crippen LogP contribution in [-0.2, 0) is 6.42 Å². The molecule has 0 aliphatic rings. The van der Waals surface area contributed by atoms with Gasteiger partial charge in [-0.3, -0.25) is 0 Å². The van der Waals surface area contributed by atoms with Crippen LogP contribution in [0.15, 0.2) is 77.7 Å². The summed E-state index contributed by atoms with van der Waals surface area (Å²) in [6, 6.07) is 14.5. The number of aliphatic hydroxyl groups excluding tert-OH is 1. The second kappa shape index (κ2) is 13.2. The van der Waals surface area contributed by atoms with Gasteiger partial charge in [0.2, 0.25) is 0 Å². The fourth-order valence-electron chi connectivity index (χ4n) is 3.52. The Balaban J connectivity index is 1.86. The van der Waals surface area contributed by atoms with Crippen molar-refractivity contribution in [1.82, 2.24) is 5.32 Å². The maximum atomic E-state index is 13.4. The van der Waals surface area contributed by atoms with Crippen LogP contribution in [0, 0.1) is 0 Å². The van der Waals surface area contributed by atoms with E-state index in [9.17, 15) is 49.0 Å². The van der Waals surface area contributed by atoms with Gasteiger partial charge in [0.25, 0.3) is 0 Å². The van der Waals surface area contributed by atoms with E-state index in [2.05, 4.69) is 10.1 Å². The van der Waals surface area contributed by atoms with Crippen molar-refractivity contribution in [3.8, 4) is 17.2 Å². The molecule has 0 saturated carbocycles. The summed E-state index contributed by atoms with van der Waals surface area (Å²) in [5.74, 6) is -0.470. The first kappa shape index (κ1) is 32.3. The topological polar surface area (TPSA) is 50.7 Å². The van der Waals surface area contributed by atoms with Crippen molar-refractivity contribution in [2.75, 3.05) is 6.54 Å². The summed E-state index contributed by atoms with van der Waals surface area (Å²) >= 11 is -0.352. The van der Waals surface area contributed by atoms with E-state index in [1.54, 1.807) is 0 Å². The van der Waals surface area contributed by atoms with Gasteiger partial charge in [-0.05, 0) is 71.8 Å². The van der Waals surface area contributed by atoms with E-state index in [-0.39, 0.29) is 40.1 Å². The minimum atomic E-state index is -4.95. The van der Waals surface area contributed by atoms with E-state index in [4.69, 9.17) is 4.74 Å². The zero-order valence-corrected chi connectivity index (χ0v) is 21.3. The van der Waals surface area contributed by atoms with Crippen molar-refractivity contribution >= 4 is 11.8 Å². The smallest absolute Gasteiger partial charge is 0.457 e. The molecule has 0 bridgehead atoms. The molecule has 0 aliphatic heterocycles. The van der Waals surface area contributed by atoms with Crippen molar-refractivity contribution in [3.63, 3.8) is 0 Å². The number of aliphatic hydroxyl groups is 1. The van der Waals surface area contributed by atoms with Crippen molar-refractivity contribution < 1.29 is 58.5 Å². The number of ether oxygens (including phenoxy) is 2. The summed E-state index contributed by atoms with van der Waals surface area (Å²) < 4.78 is 138. The Hall–Kier alpha value is -3.17. The molecule has 2 atom stereocenters. The highest BCUT2D eigenvalue weighted by molar-refractivity contribution is 8.00. The summed E-state index contributed by atoms with van der Waals surface area (Å²) in [4.78, 5) is -0.147. The van der Waals surface area contributed by atoms with Crippen molar-refractivity contribution in [3.05, 3.63) is 83.9 Å². The minimum Gasteiger partial charge on any atom is -0.457 e. The molecule has 0 spiro atoms. The monoisotopic (exact) mass is 617 g/mol. The maximum Gasteiger partial charge on any atom is 0.461 e. The SMILES string of the molecule is OC(CNC(Cc1cccc(OC(F)(F)C(F)F)c1)c1cccc(Oc2cccc(SC(F)(F)F)c2)c1)C(F)(F)F. The molecule has 2 unspecified atom stereocenters. The Morgan fingerprint density at radius 3 is 2.02 bits per heavy atom. The van der Waals surface area contributed by atoms with Crippen LogP contribution in [0.25, 0.3) is 0 Å². The first-order chi connectivity index (χ1) is 19.0. The van der Waals surface area contributed by atoms with Crippen LogP contribution in [0.5, 0.6) is 17.2 Å². The van der Waals surface area contributed by atoms with Crippen molar-refractivity contribution in [1.29, 1.82) is 0 Å². The summed E-state index contributed by atoms with van der Waals surface area (Å²) in [5.41, 5.74) is -4.03. The average molecular weight is 618 g/mol. The summed E-state index contributed by atoms with van der Waals surface area (Å²) in [6.07, 6.45) is -16.8. The number of hydrogen-bond donors (Lipinski definition) is 2. The predicted octanol–water partition coefficient (Wildman–Crippen LogP) is 8.12. The van der Waals surface area contributed by atoms with Crippen LogP contribution in [0.2, 0.25) is 0 Å². The summed E-state index contributed by atoms with van der Waals surface area (Å²) in [7, 11) is 0. The van der Waals surface area contributed by atoms with Crippen LogP contribution in [-0.4, -0.2) is 42.0 Å². The molecular formula is C26H21F10NO3S. The normalized spacial score (nSPS) is 14.1. The van der Waals surface area contributed by atoms with Gasteiger partial charge in [-0.2, -0.15) is 43.9 Å². The standard InChI is InChI=1S/C26H21F10NO3S/c27-23(28)25(32,33)40-19-8-1-4-15(10-19)11-21(37-14-22(38)24(29,30)31)16-5-2-6-17(12-16)39-18-7-3-9-20(13-18)41-26(34,35)36/h1-10,12-13,21-23,37-38H,11,14H2. The third-order valence-corrected chi connectivity index (χ3v) is 6.04. The Bertz CT molecular complexity index is 1290. The third kappa shape index (κ3) is 10.3. The van der Waals surface area contributed by atoms with Crippen LogP contribution < -0.4 is 14.8 Å². The third-order valence-electron chi connectivity index (χ3n) is 5.32. The van der Waals surface area contributed by atoms with Gasteiger partial charge in [0.1, 0.15) is 17.2 Å². The highest BCUT2D eigenvalue weighted by Gasteiger charge is 2.44. The van der Waals surface area contributed by atoms with Gasteiger partial charge in [-0.1, -0.05) is 30.3 Å². The predicted molar refractivity (Wildman–Crippen MR) is 129 cm³/mol. The van der Waals surface area contributed by atoms with Gasteiger partial charge in [-0.25, -0.2) is 0 Å². The van der Waals surface area contributed by atoms with Crippen LogP contribution in [0.4, 0.5) is 43.9 Å². The Morgan fingerprint density at radius 1 is 0.780 bits per heavy atom. The Morgan fingerprint density at radius 2 is 1.39 bits per heavy atom. The molecule has 0 radical (unpaired) electrons. The lowest BCUT2D eigenvalue weighted by Crippen LogP contribution is -2.40. The molecule has 41 heavy (non-hydrogen) atoms. The van der Waals surface area contributed by atoms with Gasteiger partial charge in [-0.15, -0.1) is 0 Å². The summed E-state index contributed by atoms with van der Waals surface area (Å²) in [5, 5.41) is 12.0. The van der Waals surface area contributed by atoms with E-state index >= 15 is 0 Å². The van der Waals surface area contributed by atoms with E-state index in [0.717, 1.165) is 18.2 Å². The van der Waals surface area contributed by atoms with E-state index < -0.39 is 48.7 Å². The Kier molecular flexibility index (Phi) is 10.4. The number of rotatable bonds is 12. The van der Waals surface area contributed by atoms with Crippen LogP contribution in [0.3, 0.4) is 0 Å². The fourth-order valence-corrected chi connectivity index (χ4v) is 4.11. The molecule has 224 valence electrons. The molecule has 0 saturated heterocycles. The van der Waals surface area contributed by atoms with E-state index in [0.29, 0.717) is 5.56 Å².